The van der Waals surface area contributed by atoms with E-state index in [1.807, 2.05) is 0 Å². The Balaban J connectivity index is 1.57. The van der Waals surface area contributed by atoms with Crippen molar-refractivity contribution < 1.29 is 28.6 Å². The standard InChI is InChI=1S/C19H20FNO5/c1-10(23)25-9-13-7-21(19(24)26-13)18-6-12(20)2-3-14(18)11-4-15-16(5-11)17(15)8-22/h2-4,6,13,15-17,22H,5,7-9H2,1H3/t13-,15?,16+,17+/m1/s1. The molecule has 6 nitrogen and oxygen atoms in total. The second-order valence-electron chi connectivity index (χ2n) is 7.06. The van der Waals surface area contributed by atoms with Crippen LogP contribution in [0.1, 0.15) is 18.9 Å². The second kappa shape index (κ2) is 6.39. The maximum Gasteiger partial charge on any atom is 0.414 e. The maximum absolute atomic E-state index is 13.9. The summed E-state index contributed by atoms with van der Waals surface area (Å²) in [6, 6.07) is 4.39. The summed E-state index contributed by atoms with van der Waals surface area (Å²) in [7, 11) is 0. The topological polar surface area (TPSA) is 76.1 Å². The molecule has 4 rings (SSSR count). The molecule has 1 aromatic rings. The van der Waals surface area contributed by atoms with Crippen molar-refractivity contribution in [1.82, 2.24) is 0 Å². The van der Waals surface area contributed by atoms with E-state index in [-0.39, 0.29) is 19.8 Å². The van der Waals surface area contributed by atoms with Crippen molar-refractivity contribution in [2.24, 2.45) is 17.8 Å². The summed E-state index contributed by atoms with van der Waals surface area (Å²) >= 11 is 0. The summed E-state index contributed by atoms with van der Waals surface area (Å²) in [4.78, 5) is 24.6. The summed E-state index contributed by atoms with van der Waals surface area (Å²) in [5.41, 5.74) is 2.34. The minimum Gasteiger partial charge on any atom is -0.462 e. The molecule has 4 atom stereocenters. The van der Waals surface area contributed by atoms with Gasteiger partial charge in [0, 0.05) is 19.1 Å². The largest absolute Gasteiger partial charge is 0.462 e. The lowest BCUT2D eigenvalue weighted by Gasteiger charge is -2.19. The Labute approximate surface area is 150 Å². The zero-order valence-corrected chi connectivity index (χ0v) is 14.4. The summed E-state index contributed by atoms with van der Waals surface area (Å²) in [6.07, 6.45) is 1.78. The van der Waals surface area contributed by atoms with Crippen molar-refractivity contribution in [3.8, 4) is 0 Å². The lowest BCUT2D eigenvalue weighted by molar-refractivity contribution is -0.143. The Bertz CT molecular complexity index is 792. The third-order valence-corrected chi connectivity index (χ3v) is 5.40. The molecule has 1 heterocycles. The van der Waals surface area contributed by atoms with Gasteiger partial charge in [0.25, 0.3) is 0 Å². The molecule has 2 aliphatic carbocycles. The van der Waals surface area contributed by atoms with Crippen LogP contribution < -0.4 is 4.90 Å². The number of aliphatic hydroxyl groups excluding tert-OH is 1. The molecular formula is C19H20FNO5. The SMILES string of the molecule is CC(=O)OC[C@H]1CN(c2cc(F)ccc2C2=CC3[C@H](CO)[C@H]3C2)C(=O)O1. The molecule has 2 fully saturated rings. The van der Waals surface area contributed by atoms with E-state index in [4.69, 9.17) is 9.47 Å². The molecule has 0 aromatic heterocycles. The van der Waals surface area contributed by atoms with Crippen LogP contribution in [0.2, 0.25) is 0 Å². The third-order valence-electron chi connectivity index (χ3n) is 5.40. The summed E-state index contributed by atoms with van der Waals surface area (Å²) in [5, 5.41) is 9.30. The highest BCUT2D eigenvalue weighted by Crippen LogP contribution is 2.58. The number of rotatable bonds is 5. The number of allylic oxidation sites excluding steroid dienone is 2. The van der Waals surface area contributed by atoms with Crippen LogP contribution >= 0.6 is 0 Å². The van der Waals surface area contributed by atoms with Crippen LogP contribution in [0.3, 0.4) is 0 Å². The Kier molecular flexibility index (Phi) is 4.19. The van der Waals surface area contributed by atoms with E-state index in [1.165, 1.54) is 24.0 Å². The normalized spacial score (nSPS) is 29.3. The van der Waals surface area contributed by atoms with Gasteiger partial charge in [0.2, 0.25) is 0 Å². The molecule has 0 bridgehead atoms. The van der Waals surface area contributed by atoms with Crippen molar-refractivity contribution >= 4 is 23.3 Å². The van der Waals surface area contributed by atoms with Gasteiger partial charge in [0.15, 0.2) is 6.10 Å². The number of benzene rings is 1. The highest BCUT2D eigenvalue weighted by Gasteiger charge is 2.52. The van der Waals surface area contributed by atoms with Gasteiger partial charge < -0.3 is 14.6 Å². The number of nitrogens with zero attached hydrogens (tertiary/aromatic N) is 1. The molecule has 1 N–H and O–H groups in total. The van der Waals surface area contributed by atoms with E-state index in [0.29, 0.717) is 23.4 Å². The van der Waals surface area contributed by atoms with Crippen molar-refractivity contribution in [3.63, 3.8) is 0 Å². The minimum atomic E-state index is -0.578. The fourth-order valence-corrected chi connectivity index (χ4v) is 4.04. The minimum absolute atomic E-state index is 0.0206. The van der Waals surface area contributed by atoms with Crippen LogP contribution in [0.5, 0.6) is 0 Å². The van der Waals surface area contributed by atoms with Crippen LogP contribution in [-0.2, 0) is 14.3 Å². The fourth-order valence-electron chi connectivity index (χ4n) is 4.04. The predicted molar refractivity (Wildman–Crippen MR) is 90.8 cm³/mol. The molecule has 1 aromatic carbocycles. The lowest BCUT2D eigenvalue weighted by atomic mass is 9.98. The Morgan fingerprint density at radius 1 is 1.46 bits per heavy atom. The molecule has 1 amide bonds. The third kappa shape index (κ3) is 2.96. The molecule has 0 spiro atoms. The number of halogens is 1. The number of hydrogen-bond donors (Lipinski definition) is 1. The van der Waals surface area contributed by atoms with Gasteiger partial charge in [-0.05, 0) is 47.9 Å². The van der Waals surface area contributed by atoms with Crippen molar-refractivity contribution in [2.75, 3.05) is 24.7 Å². The van der Waals surface area contributed by atoms with E-state index < -0.39 is 24.0 Å². The van der Waals surface area contributed by atoms with E-state index in [2.05, 4.69) is 6.08 Å². The van der Waals surface area contributed by atoms with Gasteiger partial charge in [-0.1, -0.05) is 6.08 Å². The highest BCUT2D eigenvalue weighted by molar-refractivity contribution is 5.94. The number of aliphatic hydroxyl groups is 1. The predicted octanol–water partition coefficient (Wildman–Crippen LogP) is 2.36. The fraction of sp³-hybridized carbons (Fsp3) is 0.474. The second-order valence-corrected chi connectivity index (χ2v) is 7.06. The molecular weight excluding hydrogens is 341 g/mol. The first-order chi connectivity index (χ1) is 12.5. The zero-order chi connectivity index (χ0) is 18.4. The van der Waals surface area contributed by atoms with Crippen LogP contribution in [-0.4, -0.2) is 43.0 Å². The Hall–Kier alpha value is -2.41. The molecule has 7 heteroatoms. The van der Waals surface area contributed by atoms with E-state index >= 15 is 0 Å². The molecule has 1 saturated carbocycles. The van der Waals surface area contributed by atoms with Crippen molar-refractivity contribution in [3.05, 3.63) is 35.7 Å². The van der Waals surface area contributed by atoms with E-state index in [1.54, 1.807) is 6.07 Å². The smallest absolute Gasteiger partial charge is 0.414 e. The maximum atomic E-state index is 13.9. The lowest BCUT2D eigenvalue weighted by Crippen LogP contribution is -2.27. The van der Waals surface area contributed by atoms with Gasteiger partial charge in [-0.25, -0.2) is 9.18 Å². The number of amides is 1. The Morgan fingerprint density at radius 2 is 2.27 bits per heavy atom. The van der Waals surface area contributed by atoms with Crippen LogP contribution in [0.25, 0.3) is 5.57 Å². The number of carbonyl (C=O) groups is 2. The number of carbonyl (C=O) groups excluding carboxylic acids is 2. The average molecular weight is 361 g/mol. The van der Waals surface area contributed by atoms with Gasteiger partial charge in [0.1, 0.15) is 12.4 Å². The number of ether oxygens (including phenoxy) is 2. The number of hydrogen-bond acceptors (Lipinski definition) is 5. The summed E-state index contributed by atoms with van der Waals surface area (Å²) in [5.74, 6) is 0.259. The van der Waals surface area contributed by atoms with Gasteiger partial charge in [-0.2, -0.15) is 0 Å². The highest BCUT2D eigenvalue weighted by atomic mass is 19.1. The van der Waals surface area contributed by atoms with Gasteiger partial charge in [-0.3, -0.25) is 9.69 Å². The molecule has 0 radical (unpaired) electrons. The molecule has 1 aliphatic heterocycles. The summed E-state index contributed by atoms with van der Waals surface area (Å²) < 4.78 is 24.0. The summed E-state index contributed by atoms with van der Waals surface area (Å²) in [6.45, 7) is 1.65. The van der Waals surface area contributed by atoms with Gasteiger partial charge in [-0.15, -0.1) is 0 Å². The zero-order valence-electron chi connectivity index (χ0n) is 14.4. The Morgan fingerprint density at radius 3 is 2.92 bits per heavy atom. The molecule has 26 heavy (non-hydrogen) atoms. The number of fused-ring (bicyclic) bond motifs is 1. The molecule has 1 saturated heterocycles. The van der Waals surface area contributed by atoms with Crippen LogP contribution in [0, 0.1) is 23.6 Å². The van der Waals surface area contributed by atoms with Crippen molar-refractivity contribution in [2.45, 2.75) is 19.4 Å². The number of anilines is 1. The van der Waals surface area contributed by atoms with Crippen molar-refractivity contribution in [1.29, 1.82) is 0 Å². The first-order valence-corrected chi connectivity index (χ1v) is 8.71. The van der Waals surface area contributed by atoms with Crippen LogP contribution in [0.15, 0.2) is 24.3 Å². The van der Waals surface area contributed by atoms with Crippen LogP contribution in [0.4, 0.5) is 14.9 Å². The van der Waals surface area contributed by atoms with Gasteiger partial charge >= 0.3 is 12.1 Å². The molecule has 138 valence electrons. The first-order valence-electron chi connectivity index (χ1n) is 8.71. The molecule has 1 unspecified atom stereocenters. The monoisotopic (exact) mass is 361 g/mol. The van der Waals surface area contributed by atoms with E-state index in [0.717, 1.165) is 17.6 Å². The quantitative estimate of drug-likeness (QED) is 0.815. The van der Waals surface area contributed by atoms with E-state index in [9.17, 15) is 19.1 Å². The first kappa shape index (κ1) is 17.0. The average Bonchev–Trinajstić information content (AvgIpc) is 2.93. The number of cyclic esters (lactones) is 1. The number of esters is 1. The molecule has 3 aliphatic rings. The van der Waals surface area contributed by atoms with Gasteiger partial charge in [0.05, 0.1) is 12.2 Å².